The predicted molar refractivity (Wildman–Crippen MR) is 273 cm³/mol. The summed E-state index contributed by atoms with van der Waals surface area (Å²) in [6, 6.07) is 4.36. The predicted octanol–water partition coefficient (Wildman–Crippen LogP) is 19.6. The Morgan fingerprint density at radius 1 is 0.439 bits per heavy atom. The monoisotopic (exact) mass is 890 g/mol. The van der Waals surface area contributed by atoms with Crippen LogP contribution in [-0.2, 0) is 7.05 Å². The molecule has 0 bridgehead atoms. The molecule has 0 atom stereocenters. The van der Waals surface area contributed by atoms with Crippen molar-refractivity contribution in [3.8, 4) is 0 Å². The summed E-state index contributed by atoms with van der Waals surface area (Å²) in [5.74, 6) is 2.54. The zero-order valence-electron chi connectivity index (χ0n) is 37.0. The molecule has 0 radical (unpaired) electrons. The minimum absolute atomic E-state index is 1.26. The number of hydrogen-bond acceptors (Lipinski definition) is 6. The van der Waals surface area contributed by atoms with E-state index in [4.69, 9.17) is 0 Å². The van der Waals surface area contributed by atoms with Gasteiger partial charge in [-0.15, -0.1) is 23.5 Å². The first-order valence-corrected chi connectivity index (χ1v) is 29.3. The van der Waals surface area contributed by atoms with Crippen LogP contribution < -0.4 is 4.57 Å². The SMILES string of the molecule is CCCCCCCCCCCCCCCCCCSC1=C(SCCCCCCCCCCCCCCCCCC)SC(=C2SC=C(/C=C/c3cc[n+](C)cc3)S2)S1. The van der Waals surface area contributed by atoms with E-state index in [1.807, 2.05) is 23.5 Å². The first-order valence-electron chi connectivity index (χ1n) is 24.0. The Morgan fingerprint density at radius 2 is 0.789 bits per heavy atom. The van der Waals surface area contributed by atoms with Crippen molar-refractivity contribution in [1.82, 2.24) is 0 Å². The molecule has 1 aromatic rings. The molecule has 0 aliphatic carbocycles. The first kappa shape index (κ1) is 51.6. The molecule has 57 heavy (non-hydrogen) atoms. The van der Waals surface area contributed by atoms with E-state index in [1.54, 1.807) is 8.47 Å². The third kappa shape index (κ3) is 27.0. The van der Waals surface area contributed by atoms with Crippen molar-refractivity contribution >= 4 is 76.6 Å². The summed E-state index contributed by atoms with van der Waals surface area (Å²) in [5, 5.41) is 2.35. The van der Waals surface area contributed by atoms with Gasteiger partial charge in [-0.05, 0) is 41.4 Å². The van der Waals surface area contributed by atoms with Crippen LogP contribution in [0.15, 0.2) is 57.9 Å². The lowest BCUT2D eigenvalue weighted by atomic mass is 10.0. The topological polar surface area (TPSA) is 3.88 Å². The average molecular weight is 892 g/mol. The summed E-state index contributed by atoms with van der Waals surface area (Å²) in [7, 11) is 2.07. The fraction of sp³-hybridized carbons (Fsp3) is 0.740. The molecule has 0 saturated carbocycles. The highest BCUT2D eigenvalue weighted by molar-refractivity contribution is 8.42. The Balaban J connectivity index is 1.28. The molecule has 0 saturated heterocycles. The summed E-state index contributed by atoms with van der Waals surface area (Å²) in [6.45, 7) is 4.62. The number of nitrogens with zero attached hydrogens (tertiary/aromatic N) is 1. The summed E-state index contributed by atoms with van der Waals surface area (Å²) in [6.07, 6.45) is 54.8. The maximum Gasteiger partial charge on any atom is 0.169 e. The van der Waals surface area contributed by atoms with Crippen LogP contribution in [0.1, 0.15) is 225 Å². The Hall–Kier alpha value is 0.210. The number of hydrogen-bond donors (Lipinski definition) is 0. The van der Waals surface area contributed by atoms with Gasteiger partial charge in [0.15, 0.2) is 12.4 Å². The number of aryl methyl sites for hydroxylation is 1. The Labute approximate surface area is 379 Å². The first-order chi connectivity index (χ1) is 28.2. The van der Waals surface area contributed by atoms with Gasteiger partial charge in [-0.25, -0.2) is 4.57 Å². The Bertz CT molecular complexity index is 1200. The fourth-order valence-electron chi connectivity index (χ4n) is 7.39. The molecule has 324 valence electrons. The van der Waals surface area contributed by atoms with E-state index in [2.05, 4.69) is 115 Å². The van der Waals surface area contributed by atoms with Gasteiger partial charge in [0.25, 0.3) is 0 Å². The molecule has 3 rings (SSSR count). The van der Waals surface area contributed by atoms with Crippen LogP contribution in [0.3, 0.4) is 0 Å². The molecular formula is C50H84NS6+. The molecule has 3 heterocycles. The maximum atomic E-state index is 2.35. The number of rotatable bonds is 38. The highest BCUT2D eigenvalue weighted by Crippen LogP contribution is 2.62. The molecule has 7 heteroatoms. The number of thioether (sulfide) groups is 6. The van der Waals surface area contributed by atoms with Gasteiger partial charge >= 0.3 is 0 Å². The van der Waals surface area contributed by atoms with E-state index in [0.717, 1.165) is 0 Å². The third-order valence-electron chi connectivity index (χ3n) is 11.1. The van der Waals surface area contributed by atoms with Crippen molar-refractivity contribution in [3.05, 3.63) is 63.4 Å². The molecule has 0 fully saturated rings. The van der Waals surface area contributed by atoms with Crippen molar-refractivity contribution in [3.63, 3.8) is 0 Å². The molecule has 2 aliphatic heterocycles. The lowest BCUT2D eigenvalue weighted by Gasteiger charge is -2.06. The van der Waals surface area contributed by atoms with E-state index in [1.165, 1.54) is 236 Å². The fourth-order valence-corrected chi connectivity index (χ4v) is 15.9. The van der Waals surface area contributed by atoms with E-state index < -0.39 is 0 Å². The number of allylic oxidation sites excluding steroid dienone is 1. The van der Waals surface area contributed by atoms with Crippen molar-refractivity contribution in [2.75, 3.05) is 11.5 Å². The number of aromatic nitrogens is 1. The van der Waals surface area contributed by atoms with Gasteiger partial charge in [0.2, 0.25) is 0 Å². The second kappa shape index (κ2) is 36.8. The van der Waals surface area contributed by atoms with Gasteiger partial charge in [0, 0.05) is 17.0 Å². The molecular weight excluding hydrogens is 807 g/mol. The average Bonchev–Trinajstić information content (AvgIpc) is 3.87. The molecule has 0 aromatic carbocycles. The Kier molecular flexibility index (Phi) is 33.3. The molecule has 0 spiro atoms. The lowest BCUT2D eigenvalue weighted by molar-refractivity contribution is -0.671. The normalized spacial score (nSPS) is 14.6. The van der Waals surface area contributed by atoms with Gasteiger partial charge in [0.1, 0.15) is 7.05 Å². The minimum atomic E-state index is 1.26. The van der Waals surface area contributed by atoms with Crippen LogP contribution in [-0.4, -0.2) is 11.5 Å². The van der Waals surface area contributed by atoms with E-state index in [9.17, 15) is 0 Å². The summed E-state index contributed by atoms with van der Waals surface area (Å²) in [5.41, 5.74) is 1.26. The zero-order valence-corrected chi connectivity index (χ0v) is 41.9. The highest BCUT2D eigenvalue weighted by atomic mass is 32.3. The van der Waals surface area contributed by atoms with Crippen molar-refractivity contribution in [2.24, 2.45) is 7.05 Å². The van der Waals surface area contributed by atoms with Gasteiger partial charge in [-0.3, -0.25) is 0 Å². The highest BCUT2D eigenvalue weighted by Gasteiger charge is 2.27. The molecule has 1 nitrogen and oxygen atoms in total. The zero-order chi connectivity index (χ0) is 40.3. The third-order valence-corrected chi connectivity index (χ3v) is 19.7. The van der Waals surface area contributed by atoms with E-state index in [0.29, 0.717) is 0 Å². The van der Waals surface area contributed by atoms with Crippen LogP contribution in [0.4, 0.5) is 0 Å². The lowest BCUT2D eigenvalue weighted by Crippen LogP contribution is -2.25. The van der Waals surface area contributed by atoms with Crippen LogP contribution in [0.5, 0.6) is 0 Å². The molecule has 1 aromatic heterocycles. The maximum absolute atomic E-state index is 2.35. The van der Waals surface area contributed by atoms with Gasteiger partial charge in [-0.2, -0.15) is 0 Å². The minimum Gasteiger partial charge on any atom is -0.208 e. The summed E-state index contributed by atoms with van der Waals surface area (Å²) < 4.78 is 8.26. The largest absolute Gasteiger partial charge is 0.208 e. The number of pyridine rings is 1. The standard InChI is InChI=1S/C50H84NS6/c1-4-6-8-10-12-14-16-18-20-22-24-26-28-30-32-34-42-52-47-48(53-43-35-33-31-29-27-25-23-21-19-17-15-13-11-9-7-5-2)57-50(56-47)49-54-44-46(55-49)37-36-45-38-40-51(3)41-39-45/h36-41,44H,4-35,42-43H2,1-3H3/q+1/b37-36+. The van der Waals surface area contributed by atoms with Crippen molar-refractivity contribution in [1.29, 1.82) is 0 Å². The Morgan fingerprint density at radius 3 is 1.16 bits per heavy atom. The van der Waals surface area contributed by atoms with Crippen LogP contribution >= 0.6 is 70.6 Å². The smallest absolute Gasteiger partial charge is 0.169 e. The van der Waals surface area contributed by atoms with E-state index in [-0.39, 0.29) is 0 Å². The molecule has 0 N–H and O–H groups in total. The second-order valence-electron chi connectivity index (χ2n) is 16.5. The van der Waals surface area contributed by atoms with E-state index >= 15 is 0 Å². The van der Waals surface area contributed by atoms with Crippen LogP contribution in [0.25, 0.3) is 6.08 Å². The van der Waals surface area contributed by atoms with Gasteiger partial charge < -0.3 is 0 Å². The molecule has 0 amide bonds. The summed E-state index contributed by atoms with van der Waals surface area (Å²) in [4.78, 5) is 1.36. The van der Waals surface area contributed by atoms with Gasteiger partial charge in [0.05, 0.1) is 16.9 Å². The summed E-state index contributed by atoms with van der Waals surface area (Å²) >= 11 is 12.3. The van der Waals surface area contributed by atoms with Crippen LogP contribution in [0.2, 0.25) is 0 Å². The van der Waals surface area contributed by atoms with Crippen molar-refractivity contribution < 1.29 is 4.57 Å². The van der Waals surface area contributed by atoms with Gasteiger partial charge in [-0.1, -0.05) is 260 Å². The molecule has 2 aliphatic rings. The number of unbranched alkanes of at least 4 members (excludes halogenated alkanes) is 30. The van der Waals surface area contributed by atoms with Crippen molar-refractivity contribution in [2.45, 2.75) is 219 Å². The quantitative estimate of drug-likeness (QED) is 0.0477. The molecule has 0 unspecified atom stereocenters. The van der Waals surface area contributed by atoms with Crippen LogP contribution in [0, 0.1) is 0 Å². The second-order valence-corrected chi connectivity index (χ2v) is 23.8.